The van der Waals surface area contributed by atoms with E-state index in [4.69, 9.17) is 19.9 Å². The van der Waals surface area contributed by atoms with Crippen molar-refractivity contribution in [3.63, 3.8) is 0 Å². The van der Waals surface area contributed by atoms with Crippen molar-refractivity contribution in [2.24, 2.45) is 5.73 Å². The summed E-state index contributed by atoms with van der Waals surface area (Å²) in [5.41, 5.74) is 6.62. The van der Waals surface area contributed by atoms with Gasteiger partial charge in [0.05, 0.1) is 19.8 Å². The van der Waals surface area contributed by atoms with E-state index in [0.717, 1.165) is 12.0 Å². The highest BCUT2D eigenvalue weighted by Gasteiger charge is 2.09. The van der Waals surface area contributed by atoms with E-state index in [1.165, 1.54) is 12.1 Å². The predicted octanol–water partition coefficient (Wildman–Crippen LogP) is 2.28. The maximum absolute atomic E-state index is 13.2. The Bertz CT molecular complexity index is 372. The molecule has 0 spiro atoms. The lowest BCUT2D eigenvalue weighted by Gasteiger charge is -2.14. The first kappa shape index (κ1) is 15.9. The fraction of sp³-hybridized carbons (Fsp3) is 0.571. The van der Waals surface area contributed by atoms with Gasteiger partial charge in [-0.2, -0.15) is 0 Å². The van der Waals surface area contributed by atoms with Crippen LogP contribution < -0.4 is 10.5 Å². The number of methoxy groups -OCH3 is 1. The molecule has 0 aromatic heterocycles. The van der Waals surface area contributed by atoms with Gasteiger partial charge in [0.15, 0.2) is 0 Å². The molecule has 0 saturated heterocycles. The summed E-state index contributed by atoms with van der Waals surface area (Å²) in [6, 6.07) is 4.22. The zero-order valence-electron chi connectivity index (χ0n) is 11.5. The van der Waals surface area contributed by atoms with Crippen LogP contribution in [0.4, 0.5) is 4.39 Å². The van der Waals surface area contributed by atoms with Crippen molar-refractivity contribution in [3.05, 3.63) is 29.6 Å². The lowest BCUT2D eigenvalue weighted by atomic mass is 10.1. The molecule has 19 heavy (non-hydrogen) atoms. The monoisotopic (exact) mass is 271 g/mol. The largest absolute Gasteiger partial charge is 0.493 e. The molecule has 1 aromatic carbocycles. The Balaban J connectivity index is 2.34. The first-order valence-corrected chi connectivity index (χ1v) is 6.39. The average Bonchev–Trinajstić information content (AvgIpc) is 2.37. The van der Waals surface area contributed by atoms with Crippen LogP contribution in [0.25, 0.3) is 0 Å². The Morgan fingerprint density at radius 1 is 1.21 bits per heavy atom. The Labute approximate surface area is 113 Å². The lowest BCUT2D eigenvalue weighted by molar-refractivity contribution is 0.0643. The molecule has 0 radical (unpaired) electrons. The van der Waals surface area contributed by atoms with E-state index in [2.05, 4.69) is 0 Å². The maximum Gasteiger partial charge on any atom is 0.126 e. The number of ether oxygens (including phenoxy) is 3. The van der Waals surface area contributed by atoms with Crippen LogP contribution >= 0.6 is 0 Å². The highest BCUT2D eigenvalue weighted by Crippen LogP contribution is 2.24. The molecule has 1 rings (SSSR count). The van der Waals surface area contributed by atoms with Gasteiger partial charge in [-0.15, -0.1) is 0 Å². The maximum atomic E-state index is 13.2. The predicted molar refractivity (Wildman–Crippen MR) is 71.8 cm³/mol. The third kappa shape index (κ3) is 6.00. The molecule has 0 bridgehead atoms. The SMILES string of the molecule is COCCOCCCOc1cc(F)ccc1C(C)N. The zero-order valence-corrected chi connectivity index (χ0v) is 11.5. The molecule has 108 valence electrons. The van der Waals surface area contributed by atoms with Gasteiger partial charge in [-0.1, -0.05) is 6.07 Å². The standard InChI is InChI=1S/C14H22FNO3/c1-11(16)13-5-4-12(15)10-14(13)19-7-3-6-18-9-8-17-2/h4-5,10-11H,3,6-9,16H2,1-2H3. The topological polar surface area (TPSA) is 53.7 Å². The number of hydrogen-bond acceptors (Lipinski definition) is 4. The summed E-state index contributed by atoms with van der Waals surface area (Å²) in [6.07, 6.45) is 0.735. The summed E-state index contributed by atoms with van der Waals surface area (Å²) in [5.74, 6) is 0.183. The van der Waals surface area contributed by atoms with Crippen LogP contribution in [0.3, 0.4) is 0 Å². The van der Waals surface area contributed by atoms with Crippen LogP contribution in [0, 0.1) is 5.82 Å². The number of hydrogen-bond donors (Lipinski definition) is 1. The minimum Gasteiger partial charge on any atom is -0.493 e. The van der Waals surface area contributed by atoms with Crippen molar-refractivity contribution in [3.8, 4) is 5.75 Å². The van der Waals surface area contributed by atoms with Gasteiger partial charge in [0.1, 0.15) is 11.6 Å². The van der Waals surface area contributed by atoms with Crippen molar-refractivity contribution in [1.82, 2.24) is 0 Å². The van der Waals surface area contributed by atoms with Gasteiger partial charge in [-0.25, -0.2) is 4.39 Å². The van der Waals surface area contributed by atoms with Crippen molar-refractivity contribution < 1.29 is 18.6 Å². The number of nitrogens with two attached hydrogens (primary N) is 1. The Morgan fingerprint density at radius 3 is 2.68 bits per heavy atom. The van der Waals surface area contributed by atoms with Gasteiger partial charge in [-0.3, -0.25) is 0 Å². The van der Waals surface area contributed by atoms with Crippen molar-refractivity contribution in [2.45, 2.75) is 19.4 Å². The molecule has 0 aliphatic heterocycles. The molecule has 0 aliphatic rings. The fourth-order valence-electron chi connectivity index (χ4n) is 1.60. The summed E-state index contributed by atoms with van der Waals surface area (Å²) in [4.78, 5) is 0. The van der Waals surface area contributed by atoms with E-state index in [0.29, 0.717) is 32.2 Å². The fourth-order valence-corrected chi connectivity index (χ4v) is 1.60. The molecular formula is C14H22FNO3. The molecule has 4 nitrogen and oxygen atoms in total. The molecule has 0 fully saturated rings. The molecule has 1 unspecified atom stereocenters. The van der Waals surface area contributed by atoms with Gasteiger partial charge in [0.25, 0.3) is 0 Å². The van der Waals surface area contributed by atoms with Gasteiger partial charge in [0, 0.05) is 37.8 Å². The van der Waals surface area contributed by atoms with Crippen molar-refractivity contribution >= 4 is 0 Å². The summed E-state index contributed by atoms with van der Waals surface area (Å²) in [7, 11) is 1.63. The van der Waals surface area contributed by atoms with E-state index >= 15 is 0 Å². The highest BCUT2D eigenvalue weighted by molar-refractivity contribution is 5.36. The highest BCUT2D eigenvalue weighted by atomic mass is 19.1. The molecule has 1 atom stereocenters. The van der Waals surface area contributed by atoms with Crippen LogP contribution in [-0.4, -0.2) is 33.5 Å². The Morgan fingerprint density at radius 2 is 2.00 bits per heavy atom. The molecular weight excluding hydrogens is 249 g/mol. The van der Waals surface area contributed by atoms with Crippen LogP contribution in [0.15, 0.2) is 18.2 Å². The number of halogens is 1. The van der Waals surface area contributed by atoms with Crippen molar-refractivity contribution in [2.75, 3.05) is 33.5 Å². The van der Waals surface area contributed by atoms with Crippen LogP contribution in [0.5, 0.6) is 5.75 Å². The van der Waals surface area contributed by atoms with E-state index in [-0.39, 0.29) is 11.9 Å². The molecule has 0 heterocycles. The van der Waals surface area contributed by atoms with Gasteiger partial charge >= 0.3 is 0 Å². The molecule has 2 N–H and O–H groups in total. The smallest absolute Gasteiger partial charge is 0.126 e. The summed E-state index contributed by atoms with van der Waals surface area (Å²) in [6.45, 7) is 4.05. The van der Waals surface area contributed by atoms with E-state index in [9.17, 15) is 4.39 Å². The van der Waals surface area contributed by atoms with E-state index < -0.39 is 0 Å². The molecule has 1 aromatic rings. The quantitative estimate of drug-likeness (QED) is 0.700. The summed E-state index contributed by atoms with van der Waals surface area (Å²) >= 11 is 0. The van der Waals surface area contributed by atoms with Crippen LogP contribution in [-0.2, 0) is 9.47 Å². The third-order valence-electron chi connectivity index (χ3n) is 2.59. The van der Waals surface area contributed by atoms with Crippen LogP contribution in [0.2, 0.25) is 0 Å². The number of rotatable bonds is 9. The zero-order chi connectivity index (χ0) is 14.1. The second-order valence-corrected chi connectivity index (χ2v) is 4.28. The first-order valence-electron chi connectivity index (χ1n) is 6.39. The molecule has 0 aliphatic carbocycles. The average molecular weight is 271 g/mol. The summed E-state index contributed by atoms with van der Waals surface area (Å²) in [5, 5.41) is 0. The van der Waals surface area contributed by atoms with E-state index in [1.807, 2.05) is 6.92 Å². The van der Waals surface area contributed by atoms with Crippen LogP contribution in [0.1, 0.15) is 24.9 Å². The molecule has 0 saturated carbocycles. The number of benzene rings is 1. The first-order chi connectivity index (χ1) is 9.15. The van der Waals surface area contributed by atoms with Gasteiger partial charge < -0.3 is 19.9 Å². The molecule has 0 amide bonds. The second kappa shape index (κ2) is 8.85. The summed E-state index contributed by atoms with van der Waals surface area (Å²) < 4.78 is 28.9. The lowest BCUT2D eigenvalue weighted by Crippen LogP contribution is -2.10. The van der Waals surface area contributed by atoms with Gasteiger partial charge in [-0.05, 0) is 13.0 Å². The minimum atomic E-state index is -0.323. The van der Waals surface area contributed by atoms with Crippen molar-refractivity contribution in [1.29, 1.82) is 0 Å². The normalized spacial score (nSPS) is 12.4. The Kier molecular flexibility index (Phi) is 7.40. The third-order valence-corrected chi connectivity index (χ3v) is 2.59. The van der Waals surface area contributed by atoms with Gasteiger partial charge in [0.2, 0.25) is 0 Å². The molecule has 5 heteroatoms. The second-order valence-electron chi connectivity index (χ2n) is 4.28. The Hall–Kier alpha value is -1.17. The van der Waals surface area contributed by atoms with E-state index in [1.54, 1.807) is 13.2 Å². The minimum absolute atomic E-state index is 0.187.